The van der Waals surface area contributed by atoms with Crippen molar-refractivity contribution in [3.05, 3.63) is 66.4 Å². The van der Waals surface area contributed by atoms with E-state index in [9.17, 15) is 4.79 Å². The number of carbonyl (C=O) groups is 1. The molecule has 25 heavy (non-hydrogen) atoms. The van der Waals surface area contributed by atoms with Gasteiger partial charge >= 0.3 is 0 Å². The molecular weight excluding hydrogens is 336 g/mol. The Morgan fingerprint density at radius 2 is 2.08 bits per heavy atom. The van der Waals surface area contributed by atoms with Gasteiger partial charge in [-0.1, -0.05) is 42.1 Å². The highest BCUT2D eigenvalue weighted by molar-refractivity contribution is 7.99. The number of carbonyl (C=O) groups excluding carboxylic acids is 1. The van der Waals surface area contributed by atoms with Crippen molar-refractivity contribution in [3.63, 3.8) is 0 Å². The zero-order valence-corrected chi connectivity index (χ0v) is 14.9. The van der Waals surface area contributed by atoms with Crippen molar-refractivity contribution in [2.45, 2.75) is 25.2 Å². The molecule has 0 aliphatic rings. The van der Waals surface area contributed by atoms with Gasteiger partial charge in [0, 0.05) is 13.1 Å². The van der Waals surface area contributed by atoms with E-state index in [2.05, 4.69) is 10.2 Å². The molecule has 0 radical (unpaired) electrons. The van der Waals surface area contributed by atoms with Crippen LogP contribution < -0.4 is 0 Å². The van der Waals surface area contributed by atoms with Crippen LogP contribution in [-0.2, 0) is 17.9 Å². The number of benzene rings is 1. The summed E-state index contributed by atoms with van der Waals surface area (Å²) in [5, 5.41) is 8.75. The Labute approximate surface area is 150 Å². The maximum absolute atomic E-state index is 12.5. The summed E-state index contributed by atoms with van der Waals surface area (Å²) in [7, 11) is 0. The first-order chi connectivity index (χ1) is 12.3. The van der Waals surface area contributed by atoms with Crippen LogP contribution in [0.3, 0.4) is 0 Å². The smallest absolute Gasteiger partial charge is 0.233 e. The lowest BCUT2D eigenvalue weighted by Crippen LogP contribution is -2.31. The lowest BCUT2D eigenvalue weighted by molar-refractivity contribution is -0.128. The SMILES string of the molecule is CCN(Cc1ccccc1)C(=O)CSc1nncn1Cc1ccco1. The Bertz CT molecular complexity index is 787. The molecule has 2 aromatic heterocycles. The molecule has 0 unspecified atom stereocenters. The van der Waals surface area contributed by atoms with Crippen LogP contribution in [-0.4, -0.2) is 37.9 Å². The van der Waals surface area contributed by atoms with Gasteiger partial charge in [-0.25, -0.2) is 0 Å². The molecule has 0 spiro atoms. The monoisotopic (exact) mass is 356 g/mol. The molecule has 3 aromatic rings. The number of amides is 1. The summed E-state index contributed by atoms with van der Waals surface area (Å²) in [6.07, 6.45) is 3.29. The molecule has 6 nitrogen and oxygen atoms in total. The van der Waals surface area contributed by atoms with Gasteiger partial charge in [0.1, 0.15) is 12.1 Å². The largest absolute Gasteiger partial charge is 0.467 e. The molecular formula is C18H20N4O2S. The topological polar surface area (TPSA) is 64.2 Å². The van der Waals surface area contributed by atoms with Crippen LogP contribution in [0.1, 0.15) is 18.2 Å². The maximum Gasteiger partial charge on any atom is 0.233 e. The van der Waals surface area contributed by atoms with Gasteiger partial charge in [0.2, 0.25) is 5.91 Å². The standard InChI is InChI=1S/C18H20N4O2S/c1-2-21(11-15-7-4-3-5-8-15)17(23)13-25-18-20-19-14-22(18)12-16-9-6-10-24-16/h3-10,14H,2,11-13H2,1H3. The molecule has 0 fully saturated rings. The second kappa shape index (κ2) is 8.53. The summed E-state index contributed by atoms with van der Waals surface area (Å²) in [6.45, 7) is 3.84. The number of aromatic nitrogens is 3. The average molecular weight is 356 g/mol. The predicted octanol–water partition coefficient (Wildman–Crippen LogP) is 3.06. The number of hydrogen-bond acceptors (Lipinski definition) is 5. The van der Waals surface area contributed by atoms with Crippen LogP contribution in [0.15, 0.2) is 64.6 Å². The minimum absolute atomic E-state index is 0.0869. The fourth-order valence-corrected chi connectivity index (χ4v) is 3.25. The summed E-state index contributed by atoms with van der Waals surface area (Å²) in [4.78, 5) is 14.4. The summed E-state index contributed by atoms with van der Waals surface area (Å²) >= 11 is 1.39. The van der Waals surface area contributed by atoms with Crippen LogP contribution >= 0.6 is 11.8 Å². The van der Waals surface area contributed by atoms with Gasteiger partial charge in [-0.05, 0) is 24.6 Å². The molecule has 130 valence electrons. The fraction of sp³-hybridized carbons (Fsp3) is 0.278. The van der Waals surface area contributed by atoms with Crippen molar-refractivity contribution in [2.24, 2.45) is 0 Å². The van der Waals surface area contributed by atoms with Crippen molar-refractivity contribution >= 4 is 17.7 Å². The van der Waals surface area contributed by atoms with E-state index >= 15 is 0 Å². The molecule has 0 atom stereocenters. The van der Waals surface area contributed by atoms with E-state index in [4.69, 9.17) is 4.42 Å². The Morgan fingerprint density at radius 3 is 2.80 bits per heavy atom. The van der Waals surface area contributed by atoms with Gasteiger partial charge < -0.3 is 13.9 Å². The van der Waals surface area contributed by atoms with E-state index in [1.165, 1.54) is 11.8 Å². The van der Waals surface area contributed by atoms with E-state index in [0.29, 0.717) is 30.5 Å². The number of nitrogens with zero attached hydrogens (tertiary/aromatic N) is 4. The Kier molecular flexibility index (Phi) is 5.90. The minimum atomic E-state index is 0.0869. The number of hydrogen-bond donors (Lipinski definition) is 0. The average Bonchev–Trinajstić information content (AvgIpc) is 3.31. The van der Waals surface area contributed by atoms with Gasteiger partial charge in [0.05, 0.1) is 18.6 Å². The van der Waals surface area contributed by atoms with E-state index in [1.807, 2.05) is 58.9 Å². The molecule has 0 saturated heterocycles. The highest BCUT2D eigenvalue weighted by Gasteiger charge is 2.15. The number of thioether (sulfide) groups is 1. The van der Waals surface area contributed by atoms with Crippen molar-refractivity contribution in [1.29, 1.82) is 0 Å². The molecule has 0 aliphatic heterocycles. The van der Waals surface area contributed by atoms with Crippen molar-refractivity contribution < 1.29 is 9.21 Å². The van der Waals surface area contributed by atoms with Crippen molar-refractivity contribution in [3.8, 4) is 0 Å². The minimum Gasteiger partial charge on any atom is -0.467 e. The molecule has 7 heteroatoms. The van der Waals surface area contributed by atoms with E-state index in [0.717, 1.165) is 11.3 Å². The zero-order valence-electron chi connectivity index (χ0n) is 14.0. The first kappa shape index (κ1) is 17.3. The highest BCUT2D eigenvalue weighted by atomic mass is 32.2. The molecule has 0 saturated carbocycles. The van der Waals surface area contributed by atoms with Crippen molar-refractivity contribution in [2.75, 3.05) is 12.3 Å². The van der Waals surface area contributed by atoms with E-state index in [1.54, 1.807) is 12.6 Å². The molecule has 0 bridgehead atoms. The maximum atomic E-state index is 12.5. The third-order valence-electron chi connectivity index (χ3n) is 3.76. The quantitative estimate of drug-likeness (QED) is 0.581. The summed E-state index contributed by atoms with van der Waals surface area (Å²) < 4.78 is 7.23. The first-order valence-corrected chi connectivity index (χ1v) is 9.09. The Balaban J connectivity index is 1.57. The molecule has 0 aliphatic carbocycles. The van der Waals surface area contributed by atoms with E-state index < -0.39 is 0 Å². The predicted molar refractivity (Wildman–Crippen MR) is 96.1 cm³/mol. The van der Waals surface area contributed by atoms with Crippen LogP contribution in [0.2, 0.25) is 0 Å². The van der Waals surface area contributed by atoms with Gasteiger partial charge in [-0.15, -0.1) is 10.2 Å². The second-order valence-corrected chi connectivity index (χ2v) is 6.45. The molecule has 1 aromatic carbocycles. The summed E-state index contributed by atoms with van der Waals surface area (Å²) in [6, 6.07) is 13.8. The van der Waals surface area contributed by atoms with Crippen LogP contribution in [0.25, 0.3) is 0 Å². The normalized spacial score (nSPS) is 10.8. The fourth-order valence-electron chi connectivity index (χ4n) is 2.43. The third kappa shape index (κ3) is 4.73. The van der Waals surface area contributed by atoms with Crippen molar-refractivity contribution in [1.82, 2.24) is 19.7 Å². The summed E-state index contributed by atoms with van der Waals surface area (Å²) in [5.41, 5.74) is 1.13. The molecule has 0 N–H and O–H groups in total. The van der Waals surface area contributed by atoms with Gasteiger partial charge in [0.25, 0.3) is 0 Å². The Morgan fingerprint density at radius 1 is 1.24 bits per heavy atom. The second-order valence-electron chi connectivity index (χ2n) is 5.50. The van der Waals surface area contributed by atoms with Gasteiger partial charge in [-0.3, -0.25) is 4.79 Å². The Hall–Kier alpha value is -2.54. The molecule has 2 heterocycles. The number of furan rings is 1. The van der Waals surface area contributed by atoms with Crippen LogP contribution in [0, 0.1) is 0 Å². The number of rotatable bonds is 8. The summed E-state index contributed by atoms with van der Waals surface area (Å²) in [5.74, 6) is 1.24. The van der Waals surface area contributed by atoms with Gasteiger partial charge in [0.15, 0.2) is 5.16 Å². The zero-order chi connectivity index (χ0) is 17.5. The van der Waals surface area contributed by atoms with Crippen LogP contribution in [0.4, 0.5) is 0 Å². The van der Waals surface area contributed by atoms with Crippen LogP contribution in [0.5, 0.6) is 0 Å². The molecule has 1 amide bonds. The molecule has 3 rings (SSSR count). The highest BCUT2D eigenvalue weighted by Crippen LogP contribution is 2.17. The van der Waals surface area contributed by atoms with E-state index in [-0.39, 0.29) is 5.91 Å². The lowest BCUT2D eigenvalue weighted by Gasteiger charge is -2.20. The third-order valence-corrected chi connectivity index (χ3v) is 4.73. The van der Waals surface area contributed by atoms with Gasteiger partial charge in [-0.2, -0.15) is 0 Å². The first-order valence-electron chi connectivity index (χ1n) is 8.11. The lowest BCUT2D eigenvalue weighted by atomic mass is 10.2.